The zero-order chi connectivity index (χ0) is 14.2. The lowest BCUT2D eigenvalue weighted by Crippen LogP contribution is -2.00. The van der Waals surface area contributed by atoms with E-state index in [0.717, 1.165) is 21.9 Å². The van der Waals surface area contributed by atoms with Crippen LogP contribution in [0.5, 0.6) is 5.75 Å². The Labute approximate surface area is 122 Å². The first kappa shape index (κ1) is 12.2. The number of rotatable bonds is 2. The molecule has 0 heterocycles. The van der Waals surface area contributed by atoms with Gasteiger partial charge in [0.2, 0.25) is 0 Å². The molecule has 4 aromatic rings. The van der Waals surface area contributed by atoms with E-state index in [9.17, 15) is 0 Å². The van der Waals surface area contributed by atoms with Gasteiger partial charge in [-0.05, 0) is 33.0 Å². The highest BCUT2D eigenvalue weighted by Gasteiger charge is 2.09. The van der Waals surface area contributed by atoms with Gasteiger partial charge in [0.15, 0.2) is 0 Å². The van der Waals surface area contributed by atoms with Gasteiger partial charge in [0, 0.05) is 5.39 Å². The number of hydrogen-bond donors (Lipinski definition) is 1. The van der Waals surface area contributed by atoms with Crippen molar-refractivity contribution in [2.24, 2.45) is 0 Å². The van der Waals surface area contributed by atoms with Gasteiger partial charge in [-0.25, -0.2) is 0 Å². The van der Waals surface area contributed by atoms with Crippen LogP contribution < -0.4 is 4.65 Å². The molecule has 0 fully saturated rings. The third-order valence-electron chi connectivity index (χ3n) is 3.95. The second-order valence-corrected chi connectivity index (χ2v) is 5.08. The van der Waals surface area contributed by atoms with Crippen LogP contribution in [0, 0.1) is 0 Å². The minimum Gasteiger partial charge on any atom is -0.538 e. The Balaban J connectivity index is 2.23. The van der Waals surface area contributed by atoms with Crippen LogP contribution in [0.15, 0.2) is 66.7 Å². The Hall–Kier alpha value is -2.52. The summed E-state index contributed by atoms with van der Waals surface area (Å²) >= 11 is 0. The first-order valence-electron chi connectivity index (χ1n) is 6.95. The molecule has 100 valence electrons. The Morgan fingerprint density at radius 1 is 0.667 bits per heavy atom. The highest BCUT2D eigenvalue weighted by molar-refractivity contribution is 6.22. The molecule has 4 aromatic carbocycles. The van der Waals surface area contributed by atoms with Crippen LogP contribution >= 0.6 is 0 Å². The van der Waals surface area contributed by atoms with Gasteiger partial charge in [0.05, 0.1) is 0 Å². The summed E-state index contributed by atoms with van der Waals surface area (Å²) in [5.74, 6) is 0.719. The minimum atomic E-state index is -0.319. The van der Waals surface area contributed by atoms with E-state index in [1.54, 1.807) is 0 Å². The van der Waals surface area contributed by atoms with E-state index in [0.29, 0.717) is 0 Å². The zero-order valence-electron chi connectivity index (χ0n) is 11.4. The van der Waals surface area contributed by atoms with Crippen LogP contribution in [0.2, 0.25) is 0 Å². The van der Waals surface area contributed by atoms with Crippen molar-refractivity contribution in [3.8, 4) is 5.75 Å². The normalized spacial score (nSPS) is 11.1. The maximum Gasteiger partial charge on any atom is 0.504 e. The van der Waals surface area contributed by atoms with Gasteiger partial charge in [0.1, 0.15) is 5.75 Å². The average molecular weight is 272 g/mol. The molecule has 0 spiro atoms. The van der Waals surface area contributed by atoms with E-state index in [-0.39, 0.29) is 7.69 Å². The maximum absolute atomic E-state index is 9.14. The van der Waals surface area contributed by atoms with E-state index in [1.807, 2.05) is 36.4 Å². The van der Waals surface area contributed by atoms with Crippen molar-refractivity contribution in [2.45, 2.75) is 0 Å². The molecule has 1 N–H and O–H groups in total. The summed E-state index contributed by atoms with van der Waals surface area (Å²) in [4.78, 5) is 0. The smallest absolute Gasteiger partial charge is 0.504 e. The van der Waals surface area contributed by atoms with Gasteiger partial charge in [-0.3, -0.25) is 0 Å². The molecule has 0 bridgehead atoms. The summed E-state index contributed by atoms with van der Waals surface area (Å²) < 4.78 is 5.43. The fourth-order valence-electron chi connectivity index (χ4n) is 3.02. The van der Waals surface area contributed by atoms with E-state index in [2.05, 4.69) is 30.3 Å². The molecule has 0 radical (unpaired) electrons. The summed E-state index contributed by atoms with van der Waals surface area (Å²) in [5, 5.41) is 16.1. The van der Waals surface area contributed by atoms with Crippen molar-refractivity contribution >= 4 is 40.0 Å². The molecule has 0 aliphatic heterocycles. The molecule has 2 nitrogen and oxygen atoms in total. The Bertz CT molecular complexity index is 963. The van der Waals surface area contributed by atoms with Crippen LogP contribution in [0.3, 0.4) is 0 Å². The minimum absolute atomic E-state index is 0.319. The topological polar surface area (TPSA) is 29.5 Å². The van der Waals surface area contributed by atoms with Gasteiger partial charge in [-0.1, -0.05) is 60.7 Å². The highest BCUT2D eigenvalue weighted by atomic mass is 16.5. The first-order chi connectivity index (χ1) is 10.4. The molecule has 4 rings (SSSR count). The maximum atomic E-state index is 9.14. The Morgan fingerprint density at radius 2 is 1.33 bits per heavy atom. The van der Waals surface area contributed by atoms with Crippen LogP contribution in [0.1, 0.15) is 0 Å². The number of benzene rings is 4. The molecule has 0 atom stereocenters. The fraction of sp³-hybridized carbons (Fsp3) is 0. The molecule has 0 unspecified atom stereocenters. The molecule has 3 heteroatoms. The zero-order valence-corrected chi connectivity index (χ0v) is 11.4. The summed E-state index contributed by atoms with van der Waals surface area (Å²) in [5.41, 5.74) is 0. The molecular weight excluding hydrogens is 259 g/mol. The molecule has 0 aromatic heterocycles. The largest absolute Gasteiger partial charge is 0.538 e. The molecule has 21 heavy (non-hydrogen) atoms. The second kappa shape index (κ2) is 4.79. The van der Waals surface area contributed by atoms with Crippen molar-refractivity contribution in [3.05, 3.63) is 66.7 Å². The summed E-state index contributed by atoms with van der Waals surface area (Å²) in [6.07, 6.45) is 0. The van der Waals surface area contributed by atoms with Crippen LogP contribution in [0.4, 0.5) is 0 Å². The van der Waals surface area contributed by atoms with E-state index >= 15 is 0 Å². The summed E-state index contributed by atoms with van der Waals surface area (Å²) in [6, 6.07) is 22.8. The van der Waals surface area contributed by atoms with Crippen LogP contribution in [0.25, 0.3) is 32.3 Å². The standard InChI is InChI=1S/C18H13BO2/c20-19-21-18-11-17-13-6-2-1-5-12(13)9-10-15(17)14-7-3-4-8-16(14)18/h1-11,19-20H. The first-order valence-corrected chi connectivity index (χ1v) is 6.95. The van der Waals surface area contributed by atoms with Crippen molar-refractivity contribution in [1.82, 2.24) is 0 Å². The third kappa shape index (κ3) is 1.86. The number of hydrogen-bond acceptors (Lipinski definition) is 2. The van der Waals surface area contributed by atoms with Crippen molar-refractivity contribution in [3.63, 3.8) is 0 Å². The molecule has 0 saturated carbocycles. The molecule has 0 saturated heterocycles. The molecule has 0 aliphatic carbocycles. The summed E-state index contributed by atoms with van der Waals surface area (Å²) in [6.45, 7) is 0. The fourth-order valence-corrected chi connectivity index (χ4v) is 3.02. The number of fused-ring (bicyclic) bond motifs is 5. The monoisotopic (exact) mass is 272 g/mol. The SMILES string of the molecule is OBOc1cc2c3ccccc3ccc2c2ccccc12. The van der Waals surface area contributed by atoms with Gasteiger partial charge in [-0.2, -0.15) is 0 Å². The second-order valence-electron chi connectivity index (χ2n) is 5.08. The van der Waals surface area contributed by atoms with Crippen LogP contribution in [-0.2, 0) is 0 Å². The van der Waals surface area contributed by atoms with Gasteiger partial charge in [0.25, 0.3) is 0 Å². The Kier molecular flexibility index (Phi) is 2.79. The van der Waals surface area contributed by atoms with Gasteiger partial charge in [-0.15, -0.1) is 0 Å². The lowest BCUT2D eigenvalue weighted by atomic mass is 9.96. The van der Waals surface area contributed by atoms with E-state index < -0.39 is 0 Å². The van der Waals surface area contributed by atoms with Crippen LogP contribution in [-0.4, -0.2) is 12.7 Å². The lowest BCUT2D eigenvalue weighted by molar-refractivity contribution is 0.457. The highest BCUT2D eigenvalue weighted by Crippen LogP contribution is 2.36. The molecule has 0 aliphatic rings. The molecular formula is C18H13BO2. The van der Waals surface area contributed by atoms with E-state index in [1.165, 1.54) is 16.2 Å². The third-order valence-corrected chi connectivity index (χ3v) is 3.95. The summed E-state index contributed by atoms with van der Waals surface area (Å²) in [7, 11) is -0.319. The van der Waals surface area contributed by atoms with Gasteiger partial charge < -0.3 is 9.68 Å². The predicted molar refractivity (Wildman–Crippen MR) is 89.0 cm³/mol. The van der Waals surface area contributed by atoms with Crippen molar-refractivity contribution in [1.29, 1.82) is 0 Å². The lowest BCUT2D eigenvalue weighted by Gasteiger charge is -2.12. The predicted octanol–water partition coefficient (Wildman–Crippen LogP) is 3.78. The van der Waals surface area contributed by atoms with Crippen molar-refractivity contribution in [2.75, 3.05) is 0 Å². The quantitative estimate of drug-likeness (QED) is 0.444. The molecule has 0 amide bonds. The van der Waals surface area contributed by atoms with Crippen molar-refractivity contribution < 1.29 is 9.68 Å². The van der Waals surface area contributed by atoms with E-state index in [4.69, 9.17) is 9.68 Å². The van der Waals surface area contributed by atoms with Gasteiger partial charge >= 0.3 is 7.69 Å². The Morgan fingerprint density at radius 3 is 2.14 bits per heavy atom. The average Bonchev–Trinajstić information content (AvgIpc) is 2.55.